The van der Waals surface area contributed by atoms with Crippen LogP contribution in [-0.2, 0) is 5.41 Å². The predicted octanol–water partition coefficient (Wildman–Crippen LogP) is 12.2. The lowest BCUT2D eigenvalue weighted by atomic mass is 9.43. The van der Waals surface area contributed by atoms with Crippen LogP contribution in [0.3, 0.4) is 0 Å². The fourth-order valence-electron chi connectivity index (χ4n) is 11.7. The van der Waals surface area contributed by atoms with Gasteiger partial charge in [-0.1, -0.05) is 197 Å². The minimum atomic E-state index is -2.89. The molecule has 0 saturated heterocycles. The zero-order valence-electron chi connectivity index (χ0n) is 37.6. The van der Waals surface area contributed by atoms with Crippen LogP contribution in [0.15, 0.2) is 212 Å². The molecule has 0 spiro atoms. The second kappa shape index (κ2) is 14.7. The standard InChI is InChI=1S/C61H47BN2SSi/c1-40-21-14-15-28-46(40)42-37-50-47-30-20-34-56-59(47)64(52-31-17-19-33-55(52)66(56,44-24-10-6-11-25-44)45-26-12-7-13-27-45)62-57(50)53(38-42)63(60-58(62)48-29-16-18-32-54(48)65-60)51-36-35-43(61(2,3)4)39-49(51)41-22-8-5-9-23-41/h5-39H,1-4H3. The van der Waals surface area contributed by atoms with Crippen LogP contribution >= 0.6 is 11.3 Å². The lowest BCUT2D eigenvalue weighted by Crippen LogP contribution is -2.79. The summed E-state index contributed by atoms with van der Waals surface area (Å²) in [5.74, 6) is 0. The van der Waals surface area contributed by atoms with E-state index < -0.39 is 8.07 Å². The summed E-state index contributed by atoms with van der Waals surface area (Å²) in [6, 6.07) is 81.0. The van der Waals surface area contributed by atoms with Crippen molar-refractivity contribution in [3.63, 3.8) is 0 Å². The van der Waals surface area contributed by atoms with Crippen LogP contribution in [0.4, 0.5) is 27.8 Å². The molecule has 2 nitrogen and oxygen atoms in total. The van der Waals surface area contributed by atoms with E-state index in [2.05, 4.69) is 250 Å². The van der Waals surface area contributed by atoms with Gasteiger partial charge in [-0.05, 0) is 119 Å². The Bertz CT molecular complexity index is 3520. The molecule has 5 heteroatoms. The summed E-state index contributed by atoms with van der Waals surface area (Å²) in [6.07, 6.45) is 0. The van der Waals surface area contributed by atoms with Gasteiger partial charge in [0, 0.05) is 32.9 Å². The third kappa shape index (κ3) is 5.54. The number of rotatable bonds is 5. The quantitative estimate of drug-likeness (QED) is 0.159. The number of nitrogens with zero attached hydrogens (tertiary/aromatic N) is 2. The molecule has 4 heterocycles. The van der Waals surface area contributed by atoms with Gasteiger partial charge in [-0.15, -0.1) is 11.3 Å². The van der Waals surface area contributed by atoms with E-state index in [0.29, 0.717) is 0 Å². The Kier molecular flexibility index (Phi) is 8.71. The molecular formula is C61H47BN2SSi. The molecule has 314 valence electrons. The van der Waals surface area contributed by atoms with Crippen molar-refractivity contribution in [1.29, 1.82) is 0 Å². The SMILES string of the molecule is Cc1ccccc1-c1cc2c3c(c1)N(c1ccc(C(C)(C)C)cc1-c1ccccc1)c1sc4ccccc4c1B3N1c3ccccc3[Si](c3ccccc3)(c3ccccc3)c3cccc-2c31. The molecule has 0 saturated carbocycles. The molecule has 0 aliphatic carbocycles. The van der Waals surface area contributed by atoms with Gasteiger partial charge in [0.1, 0.15) is 0 Å². The van der Waals surface area contributed by atoms with Gasteiger partial charge in [-0.2, -0.15) is 0 Å². The van der Waals surface area contributed by atoms with Crippen molar-refractivity contribution >= 4 is 95.8 Å². The zero-order chi connectivity index (χ0) is 44.3. The van der Waals surface area contributed by atoms with Crippen LogP contribution < -0.4 is 41.4 Å². The van der Waals surface area contributed by atoms with E-state index in [1.165, 1.54) is 114 Å². The van der Waals surface area contributed by atoms with Crippen molar-refractivity contribution in [2.24, 2.45) is 0 Å². The van der Waals surface area contributed by atoms with E-state index in [4.69, 9.17) is 0 Å². The van der Waals surface area contributed by atoms with Gasteiger partial charge < -0.3 is 9.71 Å². The highest BCUT2D eigenvalue weighted by Crippen LogP contribution is 2.53. The minimum absolute atomic E-state index is 0.0250. The molecule has 0 N–H and O–H groups in total. The predicted molar refractivity (Wildman–Crippen MR) is 287 cm³/mol. The number of benzene rings is 9. The lowest BCUT2D eigenvalue weighted by molar-refractivity contribution is 0.590. The molecule has 0 atom stereocenters. The second-order valence-corrected chi connectivity index (χ2v) is 24.0. The highest BCUT2D eigenvalue weighted by molar-refractivity contribution is 7.26. The zero-order valence-corrected chi connectivity index (χ0v) is 39.4. The molecule has 1 aromatic heterocycles. The third-order valence-corrected chi connectivity index (χ3v) is 20.6. The highest BCUT2D eigenvalue weighted by atomic mass is 32.1. The molecule has 0 amide bonds. The van der Waals surface area contributed by atoms with Crippen LogP contribution in [0.2, 0.25) is 0 Å². The van der Waals surface area contributed by atoms with E-state index in [9.17, 15) is 0 Å². The summed E-state index contributed by atoms with van der Waals surface area (Å²) in [6.45, 7) is 9.13. The molecule has 0 unspecified atom stereocenters. The van der Waals surface area contributed by atoms with Crippen LogP contribution in [0.5, 0.6) is 0 Å². The molecule has 0 radical (unpaired) electrons. The van der Waals surface area contributed by atoms with Crippen molar-refractivity contribution in [3.8, 4) is 33.4 Å². The first-order valence-corrected chi connectivity index (χ1v) is 26.0. The van der Waals surface area contributed by atoms with Crippen molar-refractivity contribution in [3.05, 3.63) is 223 Å². The number of hydrogen-bond acceptors (Lipinski definition) is 3. The average Bonchev–Trinajstić information content (AvgIpc) is 3.74. The van der Waals surface area contributed by atoms with Crippen molar-refractivity contribution in [2.75, 3.05) is 9.71 Å². The van der Waals surface area contributed by atoms with E-state index in [1.54, 1.807) is 0 Å². The van der Waals surface area contributed by atoms with Gasteiger partial charge in [0.05, 0.1) is 10.7 Å². The van der Waals surface area contributed by atoms with E-state index in [1.807, 2.05) is 11.3 Å². The topological polar surface area (TPSA) is 6.48 Å². The van der Waals surface area contributed by atoms with Crippen LogP contribution in [-0.4, -0.2) is 14.9 Å². The smallest absolute Gasteiger partial charge is 0.334 e. The fourth-order valence-corrected chi connectivity index (χ4v) is 18.1. The molecule has 3 aliphatic rings. The van der Waals surface area contributed by atoms with Gasteiger partial charge in [-0.25, -0.2) is 0 Å². The molecule has 66 heavy (non-hydrogen) atoms. The number of aryl methyl sites for hydroxylation is 1. The Balaban J connectivity index is 1.21. The maximum Gasteiger partial charge on any atom is 0.334 e. The first-order chi connectivity index (χ1) is 32.3. The Morgan fingerprint density at radius 2 is 1.11 bits per heavy atom. The Labute approximate surface area is 393 Å². The molecule has 0 fully saturated rings. The summed E-state index contributed by atoms with van der Waals surface area (Å²) < 4.78 is 1.30. The Morgan fingerprint density at radius 3 is 1.85 bits per heavy atom. The second-order valence-electron chi connectivity index (χ2n) is 19.2. The van der Waals surface area contributed by atoms with E-state index in [0.717, 1.165) is 0 Å². The molecule has 9 aromatic carbocycles. The molecule has 3 aliphatic heterocycles. The monoisotopic (exact) mass is 878 g/mol. The van der Waals surface area contributed by atoms with Gasteiger partial charge in [0.25, 0.3) is 0 Å². The molecule has 10 aromatic rings. The Hall–Kier alpha value is -7.18. The highest BCUT2D eigenvalue weighted by Gasteiger charge is 2.55. The summed E-state index contributed by atoms with van der Waals surface area (Å²) in [7, 11) is -2.89. The van der Waals surface area contributed by atoms with Gasteiger partial charge in [-0.3, -0.25) is 0 Å². The van der Waals surface area contributed by atoms with Gasteiger partial charge >= 0.3 is 6.85 Å². The van der Waals surface area contributed by atoms with Crippen LogP contribution in [0.25, 0.3) is 43.5 Å². The van der Waals surface area contributed by atoms with E-state index >= 15 is 0 Å². The van der Waals surface area contributed by atoms with Gasteiger partial charge in [0.15, 0.2) is 8.07 Å². The van der Waals surface area contributed by atoms with E-state index in [-0.39, 0.29) is 12.3 Å². The normalized spacial score (nSPS) is 14.1. The number of anilines is 5. The number of hydrogen-bond donors (Lipinski definition) is 0. The number of fused-ring (bicyclic) bond motifs is 8. The molecular weight excluding hydrogens is 832 g/mol. The van der Waals surface area contributed by atoms with Crippen LogP contribution in [0, 0.1) is 6.92 Å². The van der Waals surface area contributed by atoms with Gasteiger partial charge in [0.2, 0.25) is 0 Å². The first-order valence-electron chi connectivity index (χ1n) is 23.2. The summed E-state index contributed by atoms with van der Waals surface area (Å²) >= 11 is 1.93. The lowest BCUT2D eigenvalue weighted by Gasteiger charge is -2.52. The summed E-state index contributed by atoms with van der Waals surface area (Å²) in [4.78, 5) is 5.44. The average molecular weight is 879 g/mol. The number of para-hydroxylation sites is 2. The maximum absolute atomic E-state index is 2.89. The van der Waals surface area contributed by atoms with Crippen molar-refractivity contribution in [2.45, 2.75) is 33.1 Å². The third-order valence-electron chi connectivity index (χ3n) is 14.6. The summed E-state index contributed by atoms with van der Waals surface area (Å²) in [5.41, 5.74) is 17.9. The molecule has 13 rings (SSSR count). The largest absolute Gasteiger partial charge is 0.376 e. The fraction of sp³-hybridized carbons (Fsp3) is 0.0820. The number of thiophene rings is 1. The van der Waals surface area contributed by atoms with Crippen molar-refractivity contribution < 1.29 is 0 Å². The summed E-state index contributed by atoms with van der Waals surface area (Å²) in [5, 5.41) is 8.28. The van der Waals surface area contributed by atoms with Crippen molar-refractivity contribution in [1.82, 2.24) is 0 Å². The minimum Gasteiger partial charge on any atom is -0.376 e. The maximum atomic E-state index is 2.78. The Morgan fingerprint density at radius 1 is 0.470 bits per heavy atom. The molecule has 0 bridgehead atoms. The van der Waals surface area contributed by atoms with Crippen LogP contribution in [0.1, 0.15) is 31.9 Å². The first kappa shape index (κ1) is 39.2.